The Morgan fingerprint density at radius 3 is 2.85 bits per heavy atom. The van der Waals surface area contributed by atoms with Crippen molar-refractivity contribution in [2.75, 3.05) is 10.6 Å². The lowest BCUT2D eigenvalue weighted by Crippen LogP contribution is -2.31. The van der Waals surface area contributed by atoms with Gasteiger partial charge in [0.2, 0.25) is 0 Å². The highest BCUT2D eigenvalue weighted by Gasteiger charge is 2.34. The van der Waals surface area contributed by atoms with Crippen molar-refractivity contribution in [1.29, 1.82) is 0 Å². The molecule has 0 saturated heterocycles. The maximum atomic E-state index is 14.4. The van der Waals surface area contributed by atoms with Crippen LogP contribution in [0.3, 0.4) is 0 Å². The van der Waals surface area contributed by atoms with E-state index in [1.54, 1.807) is 42.2 Å². The minimum absolute atomic E-state index is 0.0122. The molecule has 5 rings (SSSR count). The summed E-state index contributed by atoms with van der Waals surface area (Å²) in [6, 6.07) is 12.8. The second-order valence-electron chi connectivity index (χ2n) is 7.76. The van der Waals surface area contributed by atoms with E-state index in [0.717, 1.165) is 10.8 Å². The summed E-state index contributed by atoms with van der Waals surface area (Å²) in [7, 11) is 0. The Morgan fingerprint density at radius 2 is 2.06 bits per heavy atom. The van der Waals surface area contributed by atoms with Crippen LogP contribution in [0.1, 0.15) is 24.2 Å². The van der Waals surface area contributed by atoms with Crippen LogP contribution in [-0.4, -0.2) is 25.8 Å². The molecule has 7 nitrogen and oxygen atoms in total. The molecule has 9 heteroatoms. The molecule has 3 N–H and O–H groups in total. The van der Waals surface area contributed by atoms with E-state index in [1.807, 2.05) is 18.2 Å². The standard InChI is InChI=1S/C24H19ClFN5O2/c1-13-22(24(33)29-17-4-2-16-11-27-7-6-14(16)8-17)23(15-3-5-19(25)20(26)9-15)31-21(28-13)10-18(12-32)30-31/h2-11,23,28,32H,12H2,1H3,(H,29,33). The number of hydrogen-bond acceptors (Lipinski definition) is 5. The van der Waals surface area contributed by atoms with E-state index in [1.165, 1.54) is 12.1 Å². The first-order chi connectivity index (χ1) is 15.9. The Labute approximate surface area is 193 Å². The summed E-state index contributed by atoms with van der Waals surface area (Å²) in [6.07, 6.45) is 3.44. The summed E-state index contributed by atoms with van der Waals surface area (Å²) in [4.78, 5) is 17.6. The number of aliphatic hydroxyl groups excluding tert-OH is 1. The number of fused-ring (bicyclic) bond motifs is 2. The largest absolute Gasteiger partial charge is 0.390 e. The fraction of sp³-hybridized carbons (Fsp3) is 0.125. The monoisotopic (exact) mass is 463 g/mol. The van der Waals surface area contributed by atoms with Gasteiger partial charge in [0.25, 0.3) is 5.91 Å². The number of allylic oxidation sites excluding steroid dienone is 1. The number of hydrogen-bond donors (Lipinski definition) is 3. The van der Waals surface area contributed by atoms with Crippen LogP contribution in [-0.2, 0) is 11.4 Å². The molecule has 0 saturated carbocycles. The number of amides is 1. The summed E-state index contributed by atoms with van der Waals surface area (Å²) in [5, 5.41) is 22.0. The van der Waals surface area contributed by atoms with Gasteiger partial charge in [-0.05, 0) is 48.2 Å². The Kier molecular flexibility index (Phi) is 5.32. The van der Waals surface area contributed by atoms with Gasteiger partial charge >= 0.3 is 0 Å². The lowest BCUT2D eigenvalue weighted by atomic mass is 9.94. The maximum Gasteiger partial charge on any atom is 0.255 e. The van der Waals surface area contributed by atoms with Crippen LogP contribution >= 0.6 is 11.6 Å². The van der Waals surface area contributed by atoms with E-state index in [4.69, 9.17) is 11.6 Å². The average Bonchev–Trinajstić information content (AvgIpc) is 3.22. The molecule has 1 aliphatic rings. The van der Waals surface area contributed by atoms with Crippen molar-refractivity contribution in [1.82, 2.24) is 14.8 Å². The fourth-order valence-electron chi connectivity index (χ4n) is 4.04. The Morgan fingerprint density at radius 1 is 1.21 bits per heavy atom. The van der Waals surface area contributed by atoms with Gasteiger partial charge in [0.05, 0.1) is 22.9 Å². The molecule has 166 valence electrons. The number of pyridine rings is 1. The number of halogens is 2. The average molecular weight is 464 g/mol. The lowest BCUT2D eigenvalue weighted by molar-refractivity contribution is -0.113. The van der Waals surface area contributed by atoms with Crippen molar-refractivity contribution in [3.05, 3.63) is 94.3 Å². The topological polar surface area (TPSA) is 92.1 Å². The predicted molar refractivity (Wildman–Crippen MR) is 124 cm³/mol. The Bertz CT molecular complexity index is 1430. The third-order valence-corrected chi connectivity index (χ3v) is 5.89. The second kappa shape index (κ2) is 8.31. The minimum atomic E-state index is -0.724. The molecule has 1 amide bonds. The molecule has 0 bridgehead atoms. The van der Waals surface area contributed by atoms with E-state index in [9.17, 15) is 14.3 Å². The van der Waals surface area contributed by atoms with Crippen molar-refractivity contribution < 1.29 is 14.3 Å². The highest BCUT2D eigenvalue weighted by molar-refractivity contribution is 6.30. The van der Waals surface area contributed by atoms with Gasteiger partial charge in [0.1, 0.15) is 17.7 Å². The maximum absolute atomic E-state index is 14.4. The number of nitrogens with zero attached hydrogens (tertiary/aromatic N) is 3. The Hall–Kier alpha value is -3.75. The van der Waals surface area contributed by atoms with Crippen LogP contribution in [0, 0.1) is 5.82 Å². The molecule has 0 aliphatic carbocycles. The van der Waals surface area contributed by atoms with Gasteiger partial charge in [-0.25, -0.2) is 9.07 Å². The summed E-state index contributed by atoms with van der Waals surface area (Å²) in [5.74, 6) is -0.364. The molecule has 33 heavy (non-hydrogen) atoms. The van der Waals surface area contributed by atoms with Crippen molar-refractivity contribution in [2.45, 2.75) is 19.6 Å². The molecule has 1 aliphatic heterocycles. The molecule has 2 aromatic carbocycles. The van der Waals surface area contributed by atoms with Crippen molar-refractivity contribution in [3.8, 4) is 0 Å². The molecule has 1 unspecified atom stereocenters. The summed E-state index contributed by atoms with van der Waals surface area (Å²) in [6.45, 7) is 1.51. The van der Waals surface area contributed by atoms with E-state index in [2.05, 4.69) is 20.7 Å². The van der Waals surface area contributed by atoms with Crippen LogP contribution in [0.4, 0.5) is 15.9 Å². The number of rotatable bonds is 4. The van der Waals surface area contributed by atoms with Gasteiger partial charge in [-0.15, -0.1) is 0 Å². The first kappa shape index (κ1) is 21.1. The highest BCUT2D eigenvalue weighted by Crippen LogP contribution is 2.37. The second-order valence-corrected chi connectivity index (χ2v) is 8.16. The highest BCUT2D eigenvalue weighted by atomic mass is 35.5. The predicted octanol–water partition coefficient (Wildman–Crippen LogP) is 4.64. The molecule has 3 heterocycles. The molecule has 0 radical (unpaired) electrons. The number of nitrogens with one attached hydrogen (secondary N) is 2. The van der Waals surface area contributed by atoms with E-state index >= 15 is 0 Å². The van der Waals surface area contributed by atoms with Crippen molar-refractivity contribution in [2.24, 2.45) is 0 Å². The van der Waals surface area contributed by atoms with E-state index < -0.39 is 11.9 Å². The van der Waals surface area contributed by atoms with Gasteiger partial charge in [0.15, 0.2) is 0 Å². The van der Waals surface area contributed by atoms with Crippen LogP contribution in [0.2, 0.25) is 5.02 Å². The van der Waals surface area contributed by atoms with Gasteiger partial charge in [-0.2, -0.15) is 5.10 Å². The van der Waals surface area contributed by atoms with E-state index in [-0.39, 0.29) is 17.5 Å². The number of aromatic nitrogens is 3. The number of benzene rings is 2. The fourth-order valence-corrected chi connectivity index (χ4v) is 4.16. The number of aliphatic hydroxyl groups is 1. The number of anilines is 2. The SMILES string of the molecule is CC1=C(C(=O)Nc2ccc3cnccc3c2)C(c2ccc(Cl)c(F)c2)n2nc(CO)cc2N1. The molecule has 1 atom stereocenters. The minimum Gasteiger partial charge on any atom is -0.390 e. The van der Waals surface area contributed by atoms with Crippen molar-refractivity contribution >= 4 is 39.8 Å². The molecule has 0 fully saturated rings. The number of carbonyl (C=O) groups is 1. The van der Waals surface area contributed by atoms with Crippen LogP contribution in [0.15, 0.2) is 72.2 Å². The molecular formula is C24H19ClFN5O2. The summed E-state index contributed by atoms with van der Waals surface area (Å²) < 4.78 is 15.9. The van der Waals surface area contributed by atoms with Crippen molar-refractivity contribution in [3.63, 3.8) is 0 Å². The molecule has 0 spiro atoms. The third-order valence-electron chi connectivity index (χ3n) is 5.59. The quantitative estimate of drug-likeness (QED) is 0.410. The molecule has 4 aromatic rings. The van der Waals surface area contributed by atoms with Crippen LogP contribution in [0.5, 0.6) is 0 Å². The van der Waals surface area contributed by atoms with Gasteiger partial charge in [-0.1, -0.05) is 23.7 Å². The molecular weight excluding hydrogens is 445 g/mol. The summed E-state index contributed by atoms with van der Waals surface area (Å²) >= 11 is 5.89. The first-order valence-electron chi connectivity index (χ1n) is 10.2. The van der Waals surface area contributed by atoms with E-state index in [0.29, 0.717) is 34.0 Å². The lowest BCUT2D eigenvalue weighted by Gasteiger charge is -2.30. The van der Waals surface area contributed by atoms with Gasteiger partial charge < -0.3 is 15.7 Å². The van der Waals surface area contributed by atoms with Gasteiger partial charge in [-0.3, -0.25) is 9.78 Å². The van der Waals surface area contributed by atoms with Gasteiger partial charge in [0, 0.05) is 35.2 Å². The van der Waals surface area contributed by atoms with Crippen LogP contribution < -0.4 is 10.6 Å². The van der Waals surface area contributed by atoms with Crippen LogP contribution in [0.25, 0.3) is 10.8 Å². The summed E-state index contributed by atoms with van der Waals surface area (Å²) in [5.41, 5.74) is 2.50. The Balaban J connectivity index is 1.57. The third kappa shape index (κ3) is 3.83. The smallest absolute Gasteiger partial charge is 0.255 e. The first-order valence-corrected chi connectivity index (χ1v) is 10.6. The number of carbonyl (C=O) groups excluding carboxylic acids is 1. The zero-order valence-electron chi connectivity index (χ0n) is 17.5. The molecule has 2 aromatic heterocycles. The normalized spacial score (nSPS) is 15.3. The zero-order chi connectivity index (χ0) is 23.1. The zero-order valence-corrected chi connectivity index (χ0v) is 18.3.